The molecule has 0 spiro atoms. The molecule has 2 aliphatic rings. The Morgan fingerprint density at radius 1 is 1.00 bits per heavy atom. The Balaban J connectivity index is 1.41. The molecule has 4 rings (SSSR count). The van der Waals surface area contributed by atoms with Crippen molar-refractivity contribution in [3.8, 4) is 0 Å². The number of ether oxygens (including phenoxy) is 1. The smallest absolute Gasteiger partial charge is 0.291 e. The van der Waals surface area contributed by atoms with Gasteiger partial charge in [-0.25, -0.2) is 0 Å². The van der Waals surface area contributed by atoms with Crippen molar-refractivity contribution < 1.29 is 18.7 Å². The molecule has 1 aromatic carbocycles. The van der Waals surface area contributed by atoms with Gasteiger partial charge in [0.25, 0.3) is 11.8 Å². The van der Waals surface area contributed by atoms with Crippen LogP contribution in [0, 0.1) is 0 Å². The van der Waals surface area contributed by atoms with Crippen LogP contribution in [-0.4, -0.2) is 69.2 Å². The fourth-order valence-electron chi connectivity index (χ4n) is 4.05. The molecule has 0 unspecified atom stereocenters. The maximum atomic E-state index is 13.0. The summed E-state index contributed by atoms with van der Waals surface area (Å²) in [5.74, 6) is -0.216. The Hall–Kier alpha value is -2.84. The number of anilines is 2. The van der Waals surface area contributed by atoms with Gasteiger partial charge in [0.15, 0.2) is 5.76 Å². The standard InChI is InChI=1S/C23H30N4O4/c28-22(24-8-4-9-26-12-15-30-16-13-26)19-17-18(25-23(29)21-5-3-14-31-21)6-7-20(19)27-10-1-2-11-27/h3,5-7,14,17H,1-2,4,8-13,15-16H2,(H,24,28)(H,25,29). The maximum absolute atomic E-state index is 13.0. The Labute approximate surface area is 182 Å². The Bertz CT molecular complexity index is 872. The number of benzene rings is 1. The lowest BCUT2D eigenvalue weighted by atomic mass is 10.1. The number of nitrogens with zero attached hydrogens (tertiary/aromatic N) is 2. The second-order valence-corrected chi connectivity index (χ2v) is 7.92. The van der Waals surface area contributed by atoms with E-state index in [9.17, 15) is 9.59 Å². The number of rotatable bonds is 8. The van der Waals surface area contributed by atoms with Gasteiger partial charge in [0, 0.05) is 44.1 Å². The molecular weight excluding hydrogens is 396 g/mol. The minimum absolute atomic E-state index is 0.113. The first-order valence-electron chi connectivity index (χ1n) is 11.0. The van der Waals surface area contributed by atoms with E-state index >= 15 is 0 Å². The topological polar surface area (TPSA) is 87.1 Å². The van der Waals surface area contributed by atoms with Crippen LogP contribution in [0.25, 0.3) is 0 Å². The summed E-state index contributed by atoms with van der Waals surface area (Å²) < 4.78 is 10.5. The Morgan fingerprint density at radius 3 is 2.55 bits per heavy atom. The van der Waals surface area contributed by atoms with Crippen molar-refractivity contribution in [1.29, 1.82) is 0 Å². The van der Waals surface area contributed by atoms with Crippen molar-refractivity contribution in [3.05, 3.63) is 47.9 Å². The lowest BCUT2D eigenvalue weighted by Gasteiger charge is -2.26. The zero-order valence-electron chi connectivity index (χ0n) is 17.8. The van der Waals surface area contributed by atoms with Crippen LogP contribution in [0.5, 0.6) is 0 Å². The number of furan rings is 1. The second-order valence-electron chi connectivity index (χ2n) is 7.92. The average Bonchev–Trinajstić information content (AvgIpc) is 3.52. The monoisotopic (exact) mass is 426 g/mol. The number of morpholine rings is 1. The van der Waals surface area contributed by atoms with Gasteiger partial charge in [-0.05, 0) is 56.1 Å². The summed E-state index contributed by atoms with van der Waals surface area (Å²) in [5, 5.41) is 5.87. The minimum atomic E-state index is -0.337. The van der Waals surface area contributed by atoms with E-state index in [1.807, 2.05) is 12.1 Å². The number of carbonyl (C=O) groups excluding carboxylic acids is 2. The molecule has 166 valence electrons. The summed E-state index contributed by atoms with van der Waals surface area (Å²) in [7, 11) is 0. The molecule has 0 atom stereocenters. The van der Waals surface area contributed by atoms with Gasteiger partial charge in [0.05, 0.1) is 25.0 Å². The molecule has 0 radical (unpaired) electrons. The van der Waals surface area contributed by atoms with Crippen LogP contribution >= 0.6 is 0 Å². The summed E-state index contributed by atoms with van der Waals surface area (Å²) >= 11 is 0. The van der Waals surface area contributed by atoms with E-state index in [0.29, 0.717) is 17.8 Å². The normalized spacial score (nSPS) is 17.0. The summed E-state index contributed by atoms with van der Waals surface area (Å²) in [4.78, 5) is 30.0. The molecule has 2 saturated heterocycles. The van der Waals surface area contributed by atoms with Crippen LogP contribution in [-0.2, 0) is 4.74 Å². The van der Waals surface area contributed by atoms with Crippen LogP contribution in [0.3, 0.4) is 0 Å². The van der Waals surface area contributed by atoms with Crippen LogP contribution in [0.15, 0.2) is 41.0 Å². The minimum Gasteiger partial charge on any atom is -0.459 e. The number of carbonyl (C=O) groups is 2. The highest BCUT2D eigenvalue weighted by atomic mass is 16.5. The first kappa shape index (κ1) is 21.4. The molecule has 2 N–H and O–H groups in total. The first-order valence-corrected chi connectivity index (χ1v) is 11.0. The highest BCUT2D eigenvalue weighted by molar-refractivity contribution is 6.05. The third-order valence-corrected chi connectivity index (χ3v) is 5.73. The fourth-order valence-corrected chi connectivity index (χ4v) is 4.05. The third-order valence-electron chi connectivity index (χ3n) is 5.73. The average molecular weight is 427 g/mol. The van der Waals surface area contributed by atoms with Gasteiger partial charge in [0.2, 0.25) is 0 Å². The molecule has 8 nitrogen and oxygen atoms in total. The molecule has 0 bridgehead atoms. The largest absolute Gasteiger partial charge is 0.459 e. The number of hydrogen-bond acceptors (Lipinski definition) is 6. The molecule has 2 aromatic rings. The van der Waals surface area contributed by atoms with Crippen LogP contribution in [0.1, 0.15) is 40.2 Å². The van der Waals surface area contributed by atoms with Crippen molar-refractivity contribution in [2.45, 2.75) is 19.3 Å². The van der Waals surface area contributed by atoms with E-state index < -0.39 is 0 Å². The maximum Gasteiger partial charge on any atom is 0.291 e. The van der Waals surface area contributed by atoms with Gasteiger partial charge in [-0.3, -0.25) is 14.5 Å². The quantitative estimate of drug-likeness (QED) is 0.631. The first-order chi connectivity index (χ1) is 15.2. The number of hydrogen-bond donors (Lipinski definition) is 2. The van der Waals surface area contributed by atoms with Crippen molar-refractivity contribution in [3.63, 3.8) is 0 Å². The van der Waals surface area contributed by atoms with Gasteiger partial charge in [-0.2, -0.15) is 0 Å². The highest BCUT2D eigenvalue weighted by Gasteiger charge is 2.21. The molecule has 2 fully saturated rings. The lowest BCUT2D eigenvalue weighted by Crippen LogP contribution is -2.38. The molecule has 0 aliphatic carbocycles. The van der Waals surface area contributed by atoms with Gasteiger partial charge in [-0.1, -0.05) is 0 Å². The summed E-state index contributed by atoms with van der Waals surface area (Å²) in [6, 6.07) is 8.79. The Kier molecular flexibility index (Phi) is 7.22. The molecule has 0 saturated carbocycles. The number of nitrogens with one attached hydrogen (secondary N) is 2. The lowest BCUT2D eigenvalue weighted by molar-refractivity contribution is 0.0374. The van der Waals surface area contributed by atoms with Gasteiger partial charge < -0.3 is 24.7 Å². The predicted octanol–water partition coefficient (Wildman–Crippen LogP) is 2.58. The van der Waals surface area contributed by atoms with E-state index in [4.69, 9.17) is 9.15 Å². The molecule has 3 heterocycles. The zero-order chi connectivity index (χ0) is 21.5. The second kappa shape index (κ2) is 10.5. The van der Waals surface area contributed by atoms with Crippen molar-refractivity contribution in [1.82, 2.24) is 10.2 Å². The van der Waals surface area contributed by atoms with E-state index in [1.54, 1.807) is 18.2 Å². The van der Waals surface area contributed by atoms with E-state index in [0.717, 1.165) is 70.9 Å². The predicted molar refractivity (Wildman–Crippen MR) is 119 cm³/mol. The van der Waals surface area contributed by atoms with Crippen LogP contribution in [0.2, 0.25) is 0 Å². The third kappa shape index (κ3) is 5.65. The van der Waals surface area contributed by atoms with Gasteiger partial charge >= 0.3 is 0 Å². The van der Waals surface area contributed by atoms with E-state index in [-0.39, 0.29) is 17.6 Å². The Morgan fingerprint density at radius 2 is 1.81 bits per heavy atom. The van der Waals surface area contributed by atoms with E-state index in [1.165, 1.54) is 6.26 Å². The SMILES string of the molecule is O=C(Nc1ccc(N2CCCC2)c(C(=O)NCCCN2CCOCC2)c1)c1ccco1. The summed E-state index contributed by atoms with van der Waals surface area (Å²) in [5.41, 5.74) is 2.08. The molecule has 31 heavy (non-hydrogen) atoms. The van der Waals surface area contributed by atoms with Crippen LogP contribution < -0.4 is 15.5 Å². The van der Waals surface area contributed by atoms with Crippen LogP contribution in [0.4, 0.5) is 11.4 Å². The number of amides is 2. The molecule has 2 amide bonds. The van der Waals surface area contributed by atoms with Gasteiger partial charge in [-0.15, -0.1) is 0 Å². The molecular formula is C23H30N4O4. The summed E-state index contributed by atoms with van der Waals surface area (Å²) in [6.07, 6.45) is 4.59. The van der Waals surface area contributed by atoms with Crippen molar-refractivity contribution in [2.24, 2.45) is 0 Å². The molecule has 1 aromatic heterocycles. The molecule has 2 aliphatic heterocycles. The van der Waals surface area contributed by atoms with E-state index in [2.05, 4.69) is 20.4 Å². The highest BCUT2D eigenvalue weighted by Crippen LogP contribution is 2.28. The van der Waals surface area contributed by atoms with Crippen molar-refractivity contribution in [2.75, 3.05) is 62.7 Å². The molecule has 8 heteroatoms. The summed E-state index contributed by atoms with van der Waals surface area (Å²) in [6.45, 7) is 6.89. The van der Waals surface area contributed by atoms with Crippen molar-refractivity contribution >= 4 is 23.2 Å². The fraction of sp³-hybridized carbons (Fsp3) is 0.478. The zero-order valence-corrected chi connectivity index (χ0v) is 17.8. The van der Waals surface area contributed by atoms with Gasteiger partial charge in [0.1, 0.15) is 0 Å².